The second-order valence-electron chi connectivity index (χ2n) is 2.82. The Morgan fingerprint density at radius 1 is 1.53 bits per heavy atom. The summed E-state index contributed by atoms with van der Waals surface area (Å²) in [5.74, 6) is -0.364. The monoisotopic (exact) mass is 205 g/mol. The number of nitrogens with zero attached hydrogens (tertiary/aromatic N) is 5. The molecule has 2 heterocycles. The molecule has 1 N–H and O–H groups in total. The fourth-order valence-electron chi connectivity index (χ4n) is 1.16. The summed E-state index contributed by atoms with van der Waals surface area (Å²) in [5, 5.41) is 19.7. The van der Waals surface area contributed by atoms with Gasteiger partial charge in [0.25, 0.3) is 0 Å². The number of carbonyl (C=O) groups is 1. The van der Waals surface area contributed by atoms with Crippen LogP contribution in [-0.4, -0.2) is 36.3 Å². The number of hydrogen-bond acceptors (Lipinski definition) is 5. The molecule has 2 aromatic heterocycles. The normalized spacial score (nSPS) is 10.2. The Labute approximate surface area is 84.4 Å². The molecule has 7 nitrogen and oxygen atoms in total. The third-order valence-corrected chi connectivity index (χ3v) is 1.84. The number of hydrogen-bond donors (Lipinski definition) is 1. The molecule has 0 aliphatic rings. The highest BCUT2D eigenvalue weighted by Gasteiger charge is 2.14. The Hall–Kier alpha value is -2.31. The van der Waals surface area contributed by atoms with E-state index in [-0.39, 0.29) is 11.4 Å². The molecule has 2 rings (SSSR count). The molecule has 0 fully saturated rings. The summed E-state index contributed by atoms with van der Waals surface area (Å²) in [4.78, 5) is 14.8. The summed E-state index contributed by atoms with van der Waals surface area (Å²) in [6.45, 7) is 1.67. The quantitative estimate of drug-likeness (QED) is 0.745. The zero-order valence-corrected chi connectivity index (χ0v) is 7.82. The predicted octanol–water partition coefficient (Wildman–Crippen LogP) is 0.0639. The van der Waals surface area contributed by atoms with Crippen LogP contribution in [0.1, 0.15) is 16.2 Å². The fourth-order valence-corrected chi connectivity index (χ4v) is 1.16. The molecule has 0 atom stereocenters. The van der Waals surface area contributed by atoms with Crippen LogP contribution in [0, 0.1) is 6.92 Å². The van der Waals surface area contributed by atoms with E-state index in [9.17, 15) is 4.79 Å². The lowest BCUT2D eigenvalue weighted by atomic mass is 10.2. The molecule has 0 spiro atoms. The maximum absolute atomic E-state index is 10.9. The van der Waals surface area contributed by atoms with Gasteiger partial charge in [-0.3, -0.25) is 0 Å². The molecule has 0 aromatic carbocycles. The molecule has 0 bridgehead atoms. The molecule has 0 saturated heterocycles. The van der Waals surface area contributed by atoms with Crippen LogP contribution in [0.5, 0.6) is 0 Å². The summed E-state index contributed by atoms with van der Waals surface area (Å²) in [7, 11) is 0. The van der Waals surface area contributed by atoms with Gasteiger partial charge in [-0.25, -0.2) is 9.78 Å². The van der Waals surface area contributed by atoms with E-state index in [1.165, 1.54) is 16.9 Å². The summed E-state index contributed by atoms with van der Waals surface area (Å²) in [6, 6.07) is 3.00. The average Bonchev–Trinajstić information content (AvgIpc) is 2.64. The third kappa shape index (κ3) is 1.54. The summed E-state index contributed by atoms with van der Waals surface area (Å²) < 4.78 is 1.28. The van der Waals surface area contributed by atoms with Crippen LogP contribution in [0.15, 0.2) is 18.3 Å². The largest absolute Gasteiger partial charge is 0.478 e. The minimum absolute atomic E-state index is 0.0629. The van der Waals surface area contributed by atoms with Crippen LogP contribution in [0.3, 0.4) is 0 Å². The van der Waals surface area contributed by atoms with E-state index in [4.69, 9.17) is 5.11 Å². The topological polar surface area (TPSA) is 93.8 Å². The maximum Gasteiger partial charge on any atom is 0.339 e. The van der Waals surface area contributed by atoms with Gasteiger partial charge in [-0.2, -0.15) is 4.68 Å². The van der Waals surface area contributed by atoms with Gasteiger partial charge in [0.05, 0.1) is 0 Å². The summed E-state index contributed by atoms with van der Waals surface area (Å²) >= 11 is 0. The minimum Gasteiger partial charge on any atom is -0.478 e. The molecule has 2 aromatic rings. The van der Waals surface area contributed by atoms with Crippen LogP contribution >= 0.6 is 0 Å². The molecular formula is C8H7N5O2. The number of carboxylic acids is 1. The lowest BCUT2D eigenvalue weighted by Crippen LogP contribution is -2.10. The zero-order chi connectivity index (χ0) is 10.8. The second-order valence-corrected chi connectivity index (χ2v) is 2.82. The van der Waals surface area contributed by atoms with E-state index >= 15 is 0 Å². The van der Waals surface area contributed by atoms with Crippen molar-refractivity contribution >= 4 is 5.97 Å². The Kier molecular flexibility index (Phi) is 2.13. The van der Waals surface area contributed by atoms with E-state index < -0.39 is 5.97 Å². The van der Waals surface area contributed by atoms with E-state index in [1.807, 2.05) is 0 Å². The van der Waals surface area contributed by atoms with Gasteiger partial charge in [-0.1, -0.05) is 0 Å². The Morgan fingerprint density at radius 2 is 2.33 bits per heavy atom. The molecule has 0 aliphatic carbocycles. The highest BCUT2D eigenvalue weighted by atomic mass is 16.4. The van der Waals surface area contributed by atoms with Gasteiger partial charge in [-0.05, 0) is 29.5 Å². The highest BCUT2D eigenvalue weighted by molar-refractivity contribution is 5.90. The van der Waals surface area contributed by atoms with Crippen molar-refractivity contribution in [1.82, 2.24) is 25.2 Å². The summed E-state index contributed by atoms with van der Waals surface area (Å²) in [5.41, 5.74) is 0.0629. The number of pyridine rings is 1. The first-order valence-corrected chi connectivity index (χ1v) is 4.14. The minimum atomic E-state index is -1.06. The van der Waals surface area contributed by atoms with Crippen LogP contribution in [0.25, 0.3) is 5.82 Å². The molecule has 0 amide bonds. The Balaban J connectivity index is 2.63. The molecule has 0 unspecified atom stereocenters. The van der Waals surface area contributed by atoms with Crippen molar-refractivity contribution in [3.63, 3.8) is 0 Å². The predicted molar refractivity (Wildman–Crippen MR) is 48.6 cm³/mol. The number of aryl methyl sites for hydroxylation is 1. The molecule has 0 aliphatic heterocycles. The van der Waals surface area contributed by atoms with E-state index in [2.05, 4.69) is 20.5 Å². The van der Waals surface area contributed by atoms with E-state index in [0.29, 0.717) is 5.82 Å². The third-order valence-electron chi connectivity index (χ3n) is 1.84. The van der Waals surface area contributed by atoms with Crippen LogP contribution in [0.4, 0.5) is 0 Å². The van der Waals surface area contributed by atoms with Crippen molar-refractivity contribution in [2.75, 3.05) is 0 Å². The second kappa shape index (κ2) is 3.45. The Bertz CT molecular complexity index is 507. The molecule has 0 radical (unpaired) electrons. The van der Waals surface area contributed by atoms with E-state index in [0.717, 1.165) is 0 Å². The van der Waals surface area contributed by atoms with Crippen LogP contribution in [-0.2, 0) is 0 Å². The van der Waals surface area contributed by atoms with Crippen molar-refractivity contribution in [2.45, 2.75) is 6.92 Å². The van der Waals surface area contributed by atoms with Gasteiger partial charge in [-0.15, -0.1) is 5.10 Å². The maximum atomic E-state index is 10.9. The molecule has 76 valence electrons. The number of rotatable bonds is 2. The smallest absolute Gasteiger partial charge is 0.339 e. The first-order chi connectivity index (χ1) is 7.20. The first-order valence-electron chi connectivity index (χ1n) is 4.14. The molecular weight excluding hydrogens is 198 g/mol. The van der Waals surface area contributed by atoms with Gasteiger partial charge < -0.3 is 5.11 Å². The van der Waals surface area contributed by atoms with Crippen molar-refractivity contribution in [3.05, 3.63) is 29.7 Å². The molecule has 0 saturated carbocycles. The van der Waals surface area contributed by atoms with Crippen molar-refractivity contribution in [3.8, 4) is 5.82 Å². The van der Waals surface area contributed by atoms with Gasteiger partial charge in [0.1, 0.15) is 5.56 Å². The number of carboxylic acid groups (broad SMARTS) is 1. The lowest BCUT2D eigenvalue weighted by molar-refractivity contribution is 0.0696. The Morgan fingerprint density at radius 3 is 2.93 bits per heavy atom. The van der Waals surface area contributed by atoms with Crippen molar-refractivity contribution in [1.29, 1.82) is 0 Å². The zero-order valence-electron chi connectivity index (χ0n) is 7.82. The lowest BCUT2D eigenvalue weighted by Gasteiger charge is -2.03. The van der Waals surface area contributed by atoms with Gasteiger partial charge >= 0.3 is 5.97 Å². The first kappa shape index (κ1) is 9.25. The number of aromatic carboxylic acids is 1. The number of tetrazole rings is 1. The van der Waals surface area contributed by atoms with Gasteiger partial charge in [0, 0.05) is 6.20 Å². The standard InChI is InChI=1S/C8H7N5O2/c1-5-10-11-12-13(5)7-6(8(14)15)3-2-4-9-7/h2-4H,1H3,(H,14,15). The SMILES string of the molecule is Cc1nnnn1-c1ncccc1C(=O)O. The van der Waals surface area contributed by atoms with E-state index in [1.54, 1.807) is 13.0 Å². The average molecular weight is 205 g/mol. The number of aromatic nitrogens is 5. The summed E-state index contributed by atoms with van der Waals surface area (Å²) in [6.07, 6.45) is 1.49. The van der Waals surface area contributed by atoms with Gasteiger partial charge in [0.2, 0.25) is 0 Å². The fraction of sp³-hybridized carbons (Fsp3) is 0.125. The van der Waals surface area contributed by atoms with Crippen LogP contribution in [0.2, 0.25) is 0 Å². The molecule has 7 heteroatoms. The highest BCUT2D eigenvalue weighted by Crippen LogP contribution is 2.10. The van der Waals surface area contributed by atoms with Crippen molar-refractivity contribution in [2.24, 2.45) is 0 Å². The molecule has 15 heavy (non-hydrogen) atoms. The van der Waals surface area contributed by atoms with Crippen molar-refractivity contribution < 1.29 is 9.90 Å². The van der Waals surface area contributed by atoms with Gasteiger partial charge in [0.15, 0.2) is 11.6 Å². The van der Waals surface area contributed by atoms with Crippen LogP contribution < -0.4 is 0 Å².